The molecule has 80 valence electrons. The van der Waals surface area contributed by atoms with Crippen LogP contribution in [0.1, 0.15) is 6.92 Å². The van der Waals surface area contributed by atoms with Gasteiger partial charge in [0, 0.05) is 17.4 Å². The molecule has 1 aromatic heterocycles. The fourth-order valence-electron chi connectivity index (χ4n) is 0.826. The SMILES string of the molecule is CC(CCl)CS(=O)(=O)Nc1cnns1. The number of nitrogens with one attached hydrogen (secondary N) is 1. The van der Waals surface area contributed by atoms with Crippen LogP contribution in [0.25, 0.3) is 0 Å². The van der Waals surface area contributed by atoms with Crippen molar-refractivity contribution in [1.82, 2.24) is 9.59 Å². The van der Waals surface area contributed by atoms with E-state index in [2.05, 4.69) is 14.3 Å². The highest BCUT2D eigenvalue weighted by molar-refractivity contribution is 7.92. The van der Waals surface area contributed by atoms with Crippen molar-refractivity contribution >= 4 is 38.2 Å². The molecule has 1 unspecified atom stereocenters. The summed E-state index contributed by atoms with van der Waals surface area (Å²) in [6, 6.07) is 0. The van der Waals surface area contributed by atoms with Crippen LogP contribution < -0.4 is 4.72 Å². The number of hydrogen-bond donors (Lipinski definition) is 1. The van der Waals surface area contributed by atoms with Crippen LogP contribution >= 0.6 is 23.1 Å². The van der Waals surface area contributed by atoms with Gasteiger partial charge in [-0.3, -0.25) is 4.72 Å². The van der Waals surface area contributed by atoms with E-state index in [0.29, 0.717) is 10.9 Å². The van der Waals surface area contributed by atoms with Crippen LogP contribution in [0.5, 0.6) is 0 Å². The highest BCUT2D eigenvalue weighted by Crippen LogP contribution is 2.13. The minimum Gasteiger partial charge on any atom is -0.272 e. The van der Waals surface area contributed by atoms with Crippen LogP contribution in [0.3, 0.4) is 0 Å². The quantitative estimate of drug-likeness (QED) is 0.802. The lowest BCUT2D eigenvalue weighted by Crippen LogP contribution is -2.21. The predicted octanol–water partition coefficient (Wildman–Crippen LogP) is 1.15. The summed E-state index contributed by atoms with van der Waals surface area (Å²) in [4.78, 5) is 0. The third-order valence-electron chi connectivity index (χ3n) is 1.38. The molecule has 0 saturated carbocycles. The summed E-state index contributed by atoms with van der Waals surface area (Å²) in [7, 11) is -3.32. The number of rotatable bonds is 5. The van der Waals surface area contributed by atoms with Crippen LogP contribution in [0.4, 0.5) is 5.00 Å². The van der Waals surface area contributed by atoms with Crippen molar-refractivity contribution in [3.05, 3.63) is 6.20 Å². The first-order valence-electron chi connectivity index (χ1n) is 3.87. The van der Waals surface area contributed by atoms with Gasteiger partial charge in [0.1, 0.15) is 5.00 Å². The molecule has 1 N–H and O–H groups in total. The lowest BCUT2D eigenvalue weighted by Gasteiger charge is -2.08. The molecule has 0 saturated heterocycles. The first-order valence-corrected chi connectivity index (χ1v) is 6.83. The zero-order valence-electron chi connectivity index (χ0n) is 7.47. The number of sulfonamides is 1. The number of halogens is 1. The fraction of sp³-hybridized carbons (Fsp3) is 0.667. The van der Waals surface area contributed by atoms with Crippen molar-refractivity contribution in [3.63, 3.8) is 0 Å². The third kappa shape index (κ3) is 3.77. The van der Waals surface area contributed by atoms with Crippen LogP contribution in [0.15, 0.2) is 6.20 Å². The van der Waals surface area contributed by atoms with Gasteiger partial charge in [-0.25, -0.2) is 8.42 Å². The number of anilines is 1. The maximum absolute atomic E-state index is 11.4. The molecule has 0 aliphatic carbocycles. The molecule has 0 bridgehead atoms. The van der Waals surface area contributed by atoms with Gasteiger partial charge in [-0.1, -0.05) is 11.4 Å². The summed E-state index contributed by atoms with van der Waals surface area (Å²) in [5.74, 6) is 0.256. The number of hydrogen-bond acceptors (Lipinski definition) is 5. The largest absolute Gasteiger partial charge is 0.272 e. The molecule has 8 heteroatoms. The molecule has 0 aliphatic heterocycles. The summed E-state index contributed by atoms with van der Waals surface area (Å²) in [6.45, 7) is 1.77. The lowest BCUT2D eigenvalue weighted by atomic mass is 10.3. The molecule has 1 heterocycles. The Balaban J connectivity index is 2.59. The Morgan fingerprint density at radius 1 is 1.71 bits per heavy atom. The van der Waals surface area contributed by atoms with Crippen molar-refractivity contribution in [1.29, 1.82) is 0 Å². The van der Waals surface area contributed by atoms with Crippen molar-refractivity contribution < 1.29 is 8.42 Å². The Bertz CT molecular complexity index is 364. The molecule has 0 aliphatic rings. The van der Waals surface area contributed by atoms with Gasteiger partial charge in [0.25, 0.3) is 0 Å². The van der Waals surface area contributed by atoms with Crippen LogP contribution in [0.2, 0.25) is 0 Å². The van der Waals surface area contributed by atoms with Crippen molar-refractivity contribution in [3.8, 4) is 0 Å². The predicted molar refractivity (Wildman–Crippen MR) is 57.2 cm³/mol. The maximum Gasteiger partial charge on any atom is 0.233 e. The third-order valence-corrected chi connectivity index (χ3v) is 4.16. The topological polar surface area (TPSA) is 72.0 Å². The van der Waals surface area contributed by atoms with Gasteiger partial charge in [-0.2, -0.15) is 0 Å². The normalized spacial score (nSPS) is 13.9. The minimum absolute atomic E-state index is 0.00833. The molecule has 5 nitrogen and oxygen atoms in total. The van der Waals surface area contributed by atoms with E-state index < -0.39 is 10.0 Å². The standard InChI is InChI=1S/C6H10ClN3O2S2/c1-5(2-7)4-14(11,12)9-6-3-8-10-13-6/h3,5,9H,2,4H2,1H3. The first kappa shape index (κ1) is 11.7. The Hall–Kier alpha value is -0.400. The van der Waals surface area contributed by atoms with Gasteiger partial charge in [-0.15, -0.1) is 16.7 Å². The molecular formula is C6H10ClN3O2S2. The monoisotopic (exact) mass is 255 g/mol. The average Bonchev–Trinajstić information content (AvgIpc) is 2.54. The van der Waals surface area contributed by atoms with Crippen molar-refractivity contribution in [2.75, 3.05) is 16.4 Å². The zero-order chi connectivity index (χ0) is 10.6. The van der Waals surface area contributed by atoms with Gasteiger partial charge in [0.05, 0.1) is 11.9 Å². The van der Waals surface area contributed by atoms with Gasteiger partial charge in [0.2, 0.25) is 10.0 Å². The van der Waals surface area contributed by atoms with Crippen molar-refractivity contribution in [2.24, 2.45) is 5.92 Å². The Morgan fingerprint density at radius 2 is 2.43 bits per heavy atom. The van der Waals surface area contributed by atoms with Gasteiger partial charge < -0.3 is 0 Å². The van der Waals surface area contributed by atoms with Gasteiger partial charge in [0.15, 0.2) is 0 Å². The molecule has 0 radical (unpaired) electrons. The van der Waals surface area contributed by atoms with Crippen molar-refractivity contribution in [2.45, 2.75) is 6.92 Å². The van der Waals surface area contributed by atoms with Gasteiger partial charge in [-0.05, 0) is 5.92 Å². The number of alkyl halides is 1. The van der Waals surface area contributed by atoms with E-state index in [0.717, 1.165) is 11.5 Å². The van der Waals surface area contributed by atoms with E-state index in [4.69, 9.17) is 11.6 Å². The molecule has 0 aromatic carbocycles. The molecule has 1 aromatic rings. The average molecular weight is 256 g/mol. The molecule has 14 heavy (non-hydrogen) atoms. The Kier molecular flexibility index (Phi) is 4.09. The molecule has 0 spiro atoms. The lowest BCUT2D eigenvalue weighted by molar-refractivity contribution is 0.588. The maximum atomic E-state index is 11.4. The summed E-state index contributed by atoms with van der Waals surface area (Å²) >= 11 is 6.53. The van der Waals surface area contributed by atoms with E-state index >= 15 is 0 Å². The van der Waals surface area contributed by atoms with Crippen LogP contribution in [0, 0.1) is 5.92 Å². The highest BCUT2D eigenvalue weighted by atomic mass is 35.5. The smallest absolute Gasteiger partial charge is 0.233 e. The molecular weight excluding hydrogens is 246 g/mol. The summed E-state index contributed by atoms with van der Waals surface area (Å²) in [5.41, 5.74) is 0. The summed E-state index contributed by atoms with van der Waals surface area (Å²) in [6.07, 6.45) is 1.37. The van der Waals surface area contributed by atoms with Crippen LogP contribution in [-0.4, -0.2) is 29.6 Å². The summed E-state index contributed by atoms with van der Waals surface area (Å²) in [5, 5.41) is 3.94. The van der Waals surface area contributed by atoms with E-state index in [1.807, 2.05) is 0 Å². The van der Waals surface area contributed by atoms with Crippen LogP contribution in [-0.2, 0) is 10.0 Å². The van der Waals surface area contributed by atoms with E-state index in [9.17, 15) is 8.42 Å². The minimum atomic E-state index is -3.32. The second-order valence-corrected chi connectivity index (χ2v) is 5.79. The molecule has 1 atom stereocenters. The van der Waals surface area contributed by atoms with E-state index in [1.165, 1.54) is 6.20 Å². The Labute approximate surface area is 91.7 Å². The highest BCUT2D eigenvalue weighted by Gasteiger charge is 2.15. The molecule has 0 amide bonds. The molecule has 1 rings (SSSR count). The second-order valence-electron chi connectivity index (χ2n) is 2.92. The first-order chi connectivity index (χ1) is 6.53. The van der Waals surface area contributed by atoms with E-state index in [1.54, 1.807) is 6.92 Å². The van der Waals surface area contributed by atoms with Gasteiger partial charge >= 0.3 is 0 Å². The second kappa shape index (κ2) is 4.90. The fourth-order valence-corrected chi connectivity index (χ4v) is 3.18. The summed E-state index contributed by atoms with van der Waals surface area (Å²) < 4.78 is 28.8. The Morgan fingerprint density at radius 3 is 2.93 bits per heavy atom. The zero-order valence-corrected chi connectivity index (χ0v) is 9.86. The number of aromatic nitrogens is 2. The van der Waals surface area contributed by atoms with E-state index in [-0.39, 0.29) is 11.7 Å². The number of nitrogens with zero attached hydrogens (tertiary/aromatic N) is 2. The molecule has 0 fully saturated rings.